The van der Waals surface area contributed by atoms with Crippen LogP contribution in [0.15, 0.2) is 47.4 Å². The Morgan fingerprint density at radius 3 is 2.41 bits per heavy atom. The molecule has 156 valence electrons. The first-order chi connectivity index (χ1) is 13.8. The minimum atomic E-state index is -4.52. The van der Waals surface area contributed by atoms with Crippen molar-refractivity contribution in [1.82, 2.24) is 4.72 Å². The molecule has 4 N–H and O–H groups in total. The fourth-order valence-electron chi connectivity index (χ4n) is 2.41. The summed E-state index contributed by atoms with van der Waals surface area (Å²) >= 11 is 0. The van der Waals surface area contributed by atoms with Gasteiger partial charge in [0.1, 0.15) is 17.3 Å². The smallest absolute Gasteiger partial charge is 0.335 e. The van der Waals surface area contributed by atoms with Crippen LogP contribution in [-0.2, 0) is 14.8 Å². The largest absolute Gasteiger partial charge is 0.478 e. The fourth-order valence-corrected chi connectivity index (χ4v) is 3.56. The van der Waals surface area contributed by atoms with Crippen LogP contribution >= 0.6 is 0 Å². The second kappa shape index (κ2) is 9.89. The maximum atomic E-state index is 12.7. The quantitative estimate of drug-likeness (QED) is 0.427. The zero-order chi connectivity index (χ0) is 21.4. The highest BCUT2D eigenvalue weighted by Crippen LogP contribution is 2.37. The number of carboxylic acids is 1. The number of amides is 1. The number of hydrogen-bond acceptors (Lipinski definition) is 7. The highest BCUT2D eigenvalue weighted by molar-refractivity contribution is 7.90. The number of carbonyl (C=O) groups is 2. The molecule has 0 aliphatic carbocycles. The van der Waals surface area contributed by atoms with Gasteiger partial charge in [-0.2, -0.15) is 0 Å². The molecule has 0 spiro atoms. The van der Waals surface area contributed by atoms with Gasteiger partial charge < -0.3 is 20.3 Å². The number of aromatic carboxylic acids is 1. The Hall–Kier alpha value is -3.11. The molecule has 0 unspecified atom stereocenters. The molecule has 0 fully saturated rings. The number of carbonyl (C=O) groups excluding carboxylic acids is 1. The van der Waals surface area contributed by atoms with Gasteiger partial charge in [-0.1, -0.05) is 31.5 Å². The lowest BCUT2D eigenvalue weighted by Crippen LogP contribution is -2.33. The van der Waals surface area contributed by atoms with E-state index in [2.05, 4.69) is 5.32 Å². The Kier molecular flexibility index (Phi) is 7.57. The predicted octanol–water partition coefficient (Wildman–Crippen LogP) is 2.19. The van der Waals surface area contributed by atoms with E-state index >= 15 is 0 Å². The molecule has 0 atom stereocenters. The molecule has 0 saturated heterocycles. The number of para-hydroxylation sites is 1. The fraction of sp³-hybridized carbons (Fsp3) is 0.263. The maximum Gasteiger partial charge on any atom is 0.335 e. The number of aliphatic hydroxyl groups is 1. The highest BCUT2D eigenvalue weighted by Gasteiger charge is 2.27. The first-order valence-corrected chi connectivity index (χ1v) is 10.3. The summed E-state index contributed by atoms with van der Waals surface area (Å²) in [7, 11) is -4.52. The van der Waals surface area contributed by atoms with E-state index < -0.39 is 33.4 Å². The van der Waals surface area contributed by atoms with Gasteiger partial charge in [-0.3, -0.25) is 4.79 Å². The summed E-state index contributed by atoms with van der Waals surface area (Å²) in [5.74, 6) is -2.34. The van der Waals surface area contributed by atoms with E-state index in [4.69, 9.17) is 9.84 Å². The molecular formula is C19H22N2O7S. The summed E-state index contributed by atoms with van der Waals surface area (Å²) in [6.45, 7) is 1.37. The summed E-state index contributed by atoms with van der Waals surface area (Å²) in [5.41, 5.74) is -0.153. The van der Waals surface area contributed by atoms with Gasteiger partial charge in [0.25, 0.3) is 15.9 Å². The summed E-state index contributed by atoms with van der Waals surface area (Å²) in [6, 6.07) is 10.5. The molecule has 9 nitrogen and oxygen atoms in total. The molecule has 2 aromatic rings. The van der Waals surface area contributed by atoms with E-state index in [1.807, 2.05) is 6.92 Å². The SMILES string of the molecule is CCCCNc1cc(C(=O)O)cc(S(=O)(=O)NC(=O)CO)c1Oc1ccccc1. The third-order valence-electron chi connectivity index (χ3n) is 3.79. The van der Waals surface area contributed by atoms with Gasteiger partial charge in [-0.25, -0.2) is 17.9 Å². The molecule has 2 rings (SSSR count). The Labute approximate surface area is 168 Å². The van der Waals surface area contributed by atoms with Gasteiger partial charge >= 0.3 is 5.97 Å². The van der Waals surface area contributed by atoms with E-state index in [0.717, 1.165) is 18.9 Å². The van der Waals surface area contributed by atoms with E-state index in [1.54, 1.807) is 35.1 Å². The molecule has 0 bridgehead atoms. The van der Waals surface area contributed by atoms with Crippen LogP contribution in [0.3, 0.4) is 0 Å². The zero-order valence-electron chi connectivity index (χ0n) is 15.7. The van der Waals surface area contributed by atoms with Crippen LogP contribution in [0.2, 0.25) is 0 Å². The lowest BCUT2D eigenvalue weighted by atomic mass is 10.1. The molecule has 10 heteroatoms. The van der Waals surface area contributed by atoms with Crippen LogP contribution in [-0.4, -0.2) is 43.7 Å². The Morgan fingerprint density at radius 1 is 1.14 bits per heavy atom. The van der Waals surface area contributed by atoms with Crippen LogP contribution in [0.25, 0.3) is 0 Å². The van der Waals surface area contributed by atoms with Crippen molar-refractivity contribution >= 4 is 27.6 Å². The van der Waals surface area contributed by atoms with Crippen molar-refractivity contribution in [2.45, 2.75) is 24.7 Å². The van der Waals surface area contributed by atoms with Crippen LogP contribution < -0.4 is 14.8 Å². The zero-order valence-corrected chi connectivity index (χ0v) is 16.5. The van der Waals surface area contributed by atoms with Gasteiger partial charge in [0, 0.05) is 6.54 Å². The number of ether oxygens (including phenoxy) is 1. The van der Waals surface area contributed by atoms with Crippen molar-refractivity contribution in [3.8, 4) is 11.5 Å². The van der Waals surface area contributed by atoms with Gasteiger partial charge in [-0.05, 0) is 30.7 Å². The number of hydrogen-bond donors (Lipinski definition) is 4. The molecule has 0 aliphatic rings. The third-order valence-corrected chi connectivity index (χ3v) is 5.17. The third kappa shape index (κ3) is 5.93. The molecule has 0 aromatic heterocycles. The van der Waals surface area contributed by atoms with Gasteiger partial charge in [0.2, 0.25) is 0 Å². The Balaban J connectivity index is 2.65. The molecule has 0 saturated carbocycles. The average Bonchev–Trinajstić information content (AvgIpc) is 2.69. The van der Waals surface area contributed by atoms with Crippen molar-refractivity contribution in [1.29, 1.82) is 0 Å². The molecule has 29 heavy (non-hydrogen) atoms. The molecule has 0 radical (unpaired) electrons. The lowest BCUT2D eigenvalue weighted by molar-refractivity contribution is -0.122. The first kappa shape index (κ1) is 22.2. The van der Waals surface area contributed by atoms with E-state index in [1.165, 1.54) is 6.07 Å². The molecular weight excluding hydrogens is 400 g/mol. The molecule has 1 amide bonds. The topological polar surface area (TPSA) is 142 Å². The number of aliphatic hydroxyl groups excluding tert-OH is 1. The maximum absolute atomic E-state index is 12.7. The minimum Gasteiger partial charge on any atom is -0.478 e. The summed E-state index contributed by atoms with van der Waals surface area (Å²) in [6.07, 6.45) is 1.61. The van der Waals surface area contributed by atoms with E-state index in [9.17, 15) is 23.1 Å². The van der Waals surface area contributed by atoms with Crippen LogP contribution in [0.4, 0.5) is 5.69 Å². The van der Waals surface area contributed by atoms with Gasteiger partial charge in [0.15, 0.2) is 5.75 Å². The molecule has 2 aromatic carbocycles. The van der Waals surface area contributed by atoms with Crippen molar-refractivity contribution in [3.63, 3.8) is 0 Å². The minimum absolute atomic E-state index is 0.152. The number of carboxylic acid groups (broad SMARTS) is 1. The van der Waals surface area contributed by atoms with Crippen molar-refractivity contribution in [3.05, 3.63) is 48.0 Å². The summed E-state index contributed by atoms with van der Waals surface area (Å²) < 4.78 is 32.9. The molecule has 0 heterocycles. The Bertz CT molecular complexity index is 976. The van der Waals surface area contributed by atoms with Crippen LogP contribution in [0, 0.1) is 0 Å². The normalized spacial score (nSPS) is 11.0. The number of sulfonamides is 1. The first-order valence-electron chi connectivity index (χ1n) is 8.83. The van der Waals surface area contributed by atoms with Crippen molar-refractivity contribution in [2.75, 3.05) is 18.5 Å². The van der Waals surface area contributed by atoms with E-state index in [-0.39, 0.29) is 17.0 Å². The molecule has 0 aliphatic heterocycles. The van der Waals surface area contributed by atoms with Crippen LogP contribution in [0.1, 0.15) is 30.1 Å². The summed E-state index contributed by atoms with van der Waals surface area (Å²) in [5, 5.41) is 21.3. The number of anilines is 1. The summed E-state index contributed by atoms with van der Waals surface area (Å²) in [4.78, 5) is 22.5. The van der Waals surface area contributed by atoms with Crippen LogP contribution in [0.5, 0.6) is 11.5 Å². The number of rotatable bonds is 10. The standard InChI is InChI=1S/C19H22N2O7S/c1-2-3-9-20-15-10-13(19(24)25)11-16(29(26,27)21-17(23)12-22)18(15)28-14-7-5-4-6-8-14/h4-8,10-11,20,22H,2-3,9,12H2,1H3,(H,21,23)(H,24,25). The van der Waals surface area contributed by atoms with Gasteiger partial charge in [-0.15, -0.1) is 0 Å². The monoisotopic (exact) mass is 422 g/mol. The van der Waals surface area contributed by atoms with Crippen molar-refractivity contribution < 1.29 is 33.0 Å². The highest BCUT2D eigenvalue weighted by atomic mass is 32.2. The lowest BCUT2D eigenvalue weighted by Gasteiger charge is -2.18. The van der Waals surface area contributed by atoms with Crippen molar-refractivity contribution in [2.24, 2.45) is 0 Å². The van der Waals surface area contributed by atoms with E-state index in [0.29, 0.717) is 12.3 Å². The number of unbranched alkanes of at least 4 members (excludes halogenated alkanes) is 1. The predicted molar refractivity (Wildman–Crippen MR) is 106 cm³/mol. The van der Waals surface area contributed by atoms with Gasteiger partial charge in [0.05, 0.1) is 11.3 Å². The second-order valence-corrected chi connectivity index (χ2v) is 7.69. The second-order valence-electron chi connectivity index (χ2n) is 6.04. The number of benzene rings is 2. The average molecular weight is 422 g/mol. The Morgan fingerprint density at radius 2 is 1.83 bits per heavy atom. The number of nitrogens with one attached hydrogen (secondary N) is 2.